The number of hydrazine groups is 1. The van der Waals surface area contributed by atoms with Crippen molar-refractivity contribution in [1.82, 2.24) is 15.2 Å². The van der Waals surface area contributed by atoms with E-state index in [-0.39, 0.29) is 12.1 Å². The second kappa shape index (κ2) is 6.35. The molecule has 0 amide bonds. The van der Waals surface area contributed by atoms with Gasteiger partial charge in [-0.15, -0.1) is 0 Å². The van der Waals surface area contributed by atoms with Crippen LogP contribution in [0.1, 0.15) is 24.6 Å². The van der Waals surface area contributed by atoms with E-state index >= 15 is 0 Å². The Bertz CT molecular complexity index is 363. The molecule has 2 unspecified atom stereocenters. The molecule has 0 saturated heterocycles. The third-order valence-corrected chi connectivity index (χ3v) is 3.53. The molecule has 0 aromatic carbocycles. The largest absolute Gasteiger partial charge is 0.380 e. The van der Waals surface area contributed by atoms with E-state index < -0.39 is 0 Å². The van der Waals surface area contributed by atoms with Crippen molar-refractivity contribution >= 4 is 11.6 Å². The number of ether oxygens (including phenoxy) is 1. The Hall–Kier alpha value is -0.620. The minimum atomic E-state index is 0.0328. The van der Waals surface area contributed by atoms with Crippen LogP contribution < -0.4 is 11.3 Å². The first-order chi connectivity index (χ1) is 8.04. The molecule has 0 fully saturated rings. The number of aromatic nitrogens is 2. The molecule has 1 aromatic rings. The first-order valence-electron chi connectivity index (χ1n) is 5.72. The lowest BCUT2D eigenvalue weighted by molar-refractivity contribution is 0.0653. The smallest absolute Gasteiger partial charge is 0.130 e. The van der Waals surface area contributed by atoms with E-state index in [9.17, 15) is 0 Å². The monoisotopic (exact) mass is 260 g/mol. The number of hydrogen-bond acceptors (Lipinski definition) is 4. The third kappa shape index (κ3) is 3.19. The van der Waals surface area contributed by atoms with Crippen LogP contribution >= 0.6 is 11.6 Å². The predicted molar refractivity (Wildman–Crippen MR) is 68.9 cm³/mol. The maximum Gasteiger partial charge on any atom is 0.130 e. The molecule has 0 spiro atoms. The summed E-state index contributed by atoms with van der Waals surface area (Å²) in [5, 5.41) is 4.95. The summed E-state index contributed by atoms with van der Waals surface area (Å²) in [7, 11) is 3.52. The summed E-state index contributed by atoms with van der Waals surface area (Å²) in [6, 6.07) is 0.0328. The van der Waals surface area contributed by atoms with Crippen molar-refractivity contribution in [2.24, 2.45) is 12.9 Å². The van der Waals surface area contributed by atoms with Gasteiger partial charge in [-0.3, -0.25) is 16.0 Å². The van der Waals surface area contributed by atoms with Gasteiger partial charge < -0.3 is 4.74 Å². The predicted octanol–water partition coefficient (Wildman–Crippen LogP) is 1.18. The van der Waals surface area contributed by atoms with Crippen LogP contribution in [-0.2, 0) is 18.2 Å². The molecule has 0 aliphatic rings. The van der Waals surface area contributed by atoms with Crippen LogP contribution in [0.4, 0.5) is 0 Å². The molecular formula is C11H21ClN4O. The van der Waals surface area contributed by atoms with Crippen molar-refractivity contribution in [3.8, 4) is 0 Å². The van der Waals surface area contributed by atoms with Crippen LogP contribution in [0.25, 0.3) is 0 Å². The summed E-state index contributed by atoms with van der Waals surface area (Å²) in [6.45, 7) is 4.01. The normalized spacial score (nSPS) is 14.9. The zero-order valence-corrected chi connectivity index (χ0v) is 11.6. The summed E-state index contributed by atoms with van der Waals surface area (Å²) in [5.74, 6) is 5.58. The Labute approximate surface area is 107 Å². The fraction of sp³-hybridized carbons (Fsp3) is 0.727. The van der Waals surface area contributed by atoms with Gasteiger partial charge in [-0.2, -0.15) is 5.10 Å². The van der Waals surface area contributed by atoms with Crippen molar-refractivity contribution in [2.75, 3.05) is 7.11 Å². The molecule has 0 radical (unpaired) electrons. The van der Waals surface area contributed by atoms with Crippen LogP contribution in [0, 0.1) is 6.92 Å². The highest BCUT2D eigenvalue weighted by Gasteiger charge is 2.22. The maximum atomic E-state index is 6.20. The van der Waals surface area contributed by atoms with Gasteiger partial charge in [0.2, 0.25) is 0 Å². The zero-order chi connectivity index (χ0) is 13.0. The van der Waals surface area contributed by atoms with Gasteiger partial charge in [0.25, 0.3) is 0 Å². The van der Waals surface area contributed by atoms with Crippen molar-refractivity contribution in [3.05, 3.63) is 16.4 Å². The molecule has 2 atom stereocenters. The van der Waals surface area contributed by atoms with E-state index in [1.165, 1.54) is 0 Å². The minimum Gasteiger partial charge on any atom is -0.380 e. The topological polar surface area (TPSA) is 65.1 Å². The Balaban J connectivity index is 2.87. The highest BCUT2D eigenvalue weighted by Crippen LogP contribution is 2.21. The number of rotatable bonds is 6. The molecule has 17 heavy (non-hydrogen) atoms. The Kier molecular flexibility index (Phi) is 5.39. The molecule has 0 saturated carbocycles. The molecular weight excluding hydrogens is 240 g/mol. The van der Waals surface area contributed by atoms with Gasteiger partial charge in [0, 0.05) is 19.7 Å². The van der Waals surface area contributed by atoms with Crippen molar-refractivity contribution < 1.29 is 4.74 Å². The Morgan fingerprint density at radius 1 is 1.59 bits per heavy atom. The minimum absolute atomic E-state index is 0.0328. The summed E-state index contributed by atoms with van der Waals surface area (Å²) in [4.78, 5) is 0. The first-order valence-corrected chi connectivity index (χ1v) is 6.09. The van der Waals surface area contributed by atoms with Gasteiger partial charge in [-0.25, -0.2) is 0 Å². The molecule has 5 nitrogen and oxygen atoms in total. The van der Waals surface area contributed by atoms with E-state index in [0.717, 1.165) is 17.7 Å². The number of hydrogen-bond donors (Lipinski definition) is 2. The molecule has 1 rings (SSSR count). The highest BCUT2D eigenvalue weighted by molar-refractivity contribution is 6.30. The number of nitrogens with one attached hydrogen (secondary N) is 1. The van der Waals surface area contributed by atoms with E-state index in [2.05, 4.69) is 17.4 Å². The van der Waals surface area contributed by atoms with Crippen LogP contribution in [0.3, 0.4) is 0 Å². The zero-order valence-electron chi connectivity index (χ0n) is 10.8. The number of nitrogens with zero attached hydrogens (tertiary/aromatic N) is 2. The third-order valence-electron chi connectivity index (χ3n) is 3.06. The van der Waals surface area contributed by atoms with E-state index in [1.54, 1.807) is 11.8 Å². The van der Waals surface area contributed by atoms with Crippen LogP contribution in [0.5, 0.6) is 0 Å². The van der Waals surface area contributed by atoms with Crippen LogP contribution in [-0.4, -0.2) is 29.0 Å². The summed E-state index contributed by atoms with van der Waals surface area (Å²) in [6.07, 6.45) is 1.67. The lowest BCUT2D eigenvalue weighted by atomic mass is 10.0. The number of halogens is 1. The summed E-state index contributed by atoms with van der Waals surface area (Å²) < 4.78 is 7.07. The molecule has 0 bridgehead atoms. The average molecular weight is 261 g/mol. The molecule has 3 N–H and O–H groups in total. The molecule has 1 aromatic heterocycles. The summed E-state index contributed by atoms with van der Waals surface area (Å²) >= 11 is 6.20. The van der Waals surface area contributed by atoms with E-state index in [1.807, 2.05) is 14.0 Å². The fourth-order valence-corrected chi connectivity index (χ4v) is 2.29. The molecule has 6 heteroatoms. The van der Waals surface area contributed by atoms with Gasteiger partial charge in [-0.1, -0.05) is 18.5 Å². The molecule has 0 aliphatic carbocycles. The highest BCUT2D eigenvalue weighted by atomic mass is 35.5. The van der Waals surface area contributed by atoms with Gasteiger partial charge in [-0.05, 0) is 19.8 Å². The Morgan fingerprint density at radius 3 is 2.59 bits per heavy atom. The van der Waals surface area contributed by atoms with Gasteiger partial charge in [0.1, 0.15) is 5.15 Å². The first kappa shape index (κ1) is 14.4. The average Bonchev–Trinajstić information content (AvgIpc) is 2.55. The molecule has 1 heterocycles. The van der Waals surface area contributed by atoms with Crippen LogP contribution in [0.15, 0.2) is 0 Å². The van der Waals surface area contributed by atoms with E-state index in [4.69, 9.17) is 22.2 Å². The van der Waals surface area contributed by atoms with Crippen molar-refractivity contribution in [2.45, 2.75) is 38.8 Å². The van der Waals surface area contributed by atoms with Gasteiger partial charge in [0.05, 0.1) is 17.8 Å². The second-order valence-electron chi connectivity index (χ2n) is 4.14. The Morgan fingerprint density at radius 2 is 2.24 bits per heavy atom. The number of nitrogens with two attached hydrogens (primary N) is 1. The van der Waals surface area contributed by atoms with Crippen molar-refractivity contribution in [3.63, 3.8) is 0 Å². The fourth-order valence-electron chi connectivity index (χ4n) is 2.04. The van der Waals surface area contributed by atoms with Crippen molar-refractivity contribution in [1.29, 1.82) is 0 Å². The number of methoxy groups -OCH3 is 1. The standard InChI is InChI=1S/C11H21ClN4O/c1-5-10(17-4)9(14-13)6-8-7(2)15-16(3)11(8)12/h9-10,14H,5-6,13H2,1-4H3. The lowest BCUT2D eigenvalue weighted by Crippen LogP contribution is -2.46. The van der Waals surface area contributed by atoms with E-state index in [0.29, 0.717) is 11.6 Å². The van der Waals surface area contributed by atoms with Gasteiger partial charge >= 0.3 is 0 Å². The lowest BCUT2D eigenvalue weighted by Gasteiger charge is -2.24. The quantitative estimate of drug-likeness (QED) is 0.596. The van der Waals surface area contributed by atoms with Crippen LogP contribution in [0.2, 0.25) is 5.15 Å². The SMILES string of the molecule is CCC(OC)C(Cc1c(C)nn(C)c1Cl)NN. The molecule has 0 aliphatic heterocycles. The molecule has 98 valence electrons. The maximum absolute atomic E-state index is 6.20. The van der Waals surface area contributed by atoms with Gasteiger partial charge in [0.15, 0.2) is 0 Å². The second-order valence-corrected chi connectivity index (χ2v) is 4.50. The number of aryl methyl sites for hydroxylation is 2. The summed E-state index contributed by atoms with van der Waals surface area (Å²) in [5.41, 5.74) is 4.75.